The van der Waals surface area contributed by atoms with Crippen molar-refractivity contribution in [3.63, 3.8) is 0 Å². The second-order valence-corrected chi connectivity index (χ2v) is 4.70. The molecule has 0 radical (unpaired) electrons. The van der Waals surface area contributed by atoms with Crippen LogP contribution in [0.15, 0.2) is 29.0 Å². The van der Waals surface area contributed by atoms with Gasteiger partial charge in [0.1, 0.15) is 11.3 Å². The van der Waals surface area contributed by atoms with Crippen molar-refractivity contribution in [2.24, 2.45) is 7.05 Å². The van der Waals surface area contributed by atoms with Crippen LogP contribution in [0.2, 0.25) is 0 Å². The molecule has 0 aliphatic rings. The van der Waals surface area contributed by atoms with Crippen LogP contribution in [0.25, 0.3) is 17.2 Å². The van der Waals surface area contributed by atoms with E-state index in [0.29, 0.717) is 11.8 Å². The standard InChI is InChI=1S/C11H10BrN5O/c1-16-10(14-15-11(16)18-2)8-5-13-9-4-3-7(12)6-17(8)9/h3-6H,1-2H3. The highest BCUT2D eigenvalue weighted by Crippen LogP contribution is 2.22. The van der Waals surface area contributed by atoms with Crippen LogP contribution in [0.5, 0.6) is 6.01 Å². The molecule has 0 saturated heterocycles. The van der Waals surface area contributed by atoms with Crippen molar-refractivity contribution in [3.05, 3.63) is 29.0 Å². The first-order valence-corrected chi connectivity index (χ1v) is 6.06. The predicted molar refractivity (Wildman–Crippen MR) is 69.4 cm³/mol. The fraction of sp³-hybridized carbons (Fsp3) is 0.182. The summed E-state index contributed by atoms with van der Waals surface area (Å²) in [6.45, 7) is 0. The normalized spacial score (nSPS) is 11.1. The van der Waals surface area contributed by atoms with Crippen molar-refractivity contribution in [1.82, 2.24) is 24.1 Å². The number of hydrogen-bond donors (Lipinski definition) is 0. The van der Waals surface area contributed by atoms with Crippen LogP contribution >= 0.6 is 15.9 Å². The van der Waals surface area contributed by atoms with Gasteiger partial charge in [-0.25, -0.2) is 4.98 Å². The summed E-state index contributed by atoms with van der Waals surface area (Å²) in [6, 6.07) is 4.35. The van der Waals surface area contributed by atoms with E-state index in [-0.39, 0.29) is 0 Å². The Morgan fingerprint density at radius 3 is 2.83 bits per heavy atom. The van der Waals surface area contributed by atoms with Gasteiger partial charge in [0.05, 0.1) is 13.3 Å². The van der Waals surface area contributed by atoms with Gasteiger partial charge in [-0.3, -0.25) is 8.97 Å². The molecule has 3 heterocycles. The fourth-order valence-corrected chi connectivity index (χ4v) is 2.17. The Kier molecular flexibility index (Phi) is 2.55. The van der Waals surface area contributed by atoms with Crippen LogP contribution in [-0.2, 0) is 7.05 Å². The van der Waals surface area contributed by atoms with E-state index in [4.69, 9.17) is 4.74 Å². The third-order valence-corrected chi connectivity index (χ3v) is 3.19. The Bertz CT molecular complexity index is 717. The topological polar surface area (TPSA) is 57.2 Å². The molecule has 0 amide bonds. The minimum absolute atomic E-state index is 0.468. The van der Waals surface area contributed by atoms with Crippen LogP contribution in [0, 0.1) is 0 Å². The Morgan fingerprint density at radius 1 is 1.28 bits per heavy atom. The lowest BCUT2D eigenvalue weighted by atomic mass is 10.4. The summed E-state index contributed by atoms with van der Waals surface area (Å²) < 4.78 is 9.82. The maximum atomic E-state index is 5.11. The van der Waals surface area contributed by atoms with E-state index < -0.39 is 0 Å². The van der Waals surface area contributed by atoms with E-state index in [9.17, 15) is 0 Å². The number of aromatic nitrogens is 5. The van der Waals surface area contributed by atoms with Crippen molar-refractivity contribution in [3.8, 4) is 17.5 Å². The number of hydrogen-bond acceptors (Lipinski definition) is 4. The molecule has 0 atom stereocenters. The third kappa shape index (κ3) is 1.59. The minimum atomic E-state index is 0.468. The lowest BCUT2D eigenvalue weighted by Gasteiger charge is -2.03. The lowest BCUT2D eigenvalue weighted by Crippen LogP contribution is -1.98. The fourth-order valence-electron chi connectivity index (χ4n) is 1.84. The van der Waals surface area contributed by atoms with E-state index in [0.717, 1.165) is 15.8 Å². The summed E-state index contributed by atoms with van der Waals surface area (Å²) in [4.78, 5) is 4.33. The molecule has 3 rings (SSSR count). The monoisotopic (exact) mass is 307 g/mol. The van der Waals surface area contributed by atoms with Gasteiger partial charge in [-0.2, -0.15) is 0 Å². The van der Waals surface area contributed by atoms with Gasteiger partial charge in [-0.15, -0.1) is 5.10 Å². The van der Waals surface area contributed by atoms with Gasteiger partial charge in [-0.1, -0.05) is 5.10 Å². The van der Waals surface area contributed by atoms with E-state index in [1.807, 2.05) is 29.8 Å². The van der Waals surface area contributed by atoms with Crippen LogP contribution in [-0.4, -0.2) is 31.3 Å². The second kappa shape index (κ2) is 4.09. The van der Waals surface area contributed by atoms with Gasteiger partial charge >= 0.3 is 6.01 Å². The SMILES string of the molecule is COc1nnc(-c2cnc3ccc(Br)cn23)n1C. The average Bonchev–Trinajstić information content (AvgIpc) is 2.92. The molecule has 0 aliphatic heterocycles. The zero-order valence-electron chi connectivity index (χ0n) is 9.83. The van der Waals surface area contributed by atoms with Crippen molar-refractivity contribution in [2.75, 3.05) is 7.11 Å². The molecule has 0 saturated carbocycles. The number of methoxy groups -OCH3 is 1. The zero-order chi connectivity index (χ0) is 12.7. The molecule has 0 bridgehead atoms. The highest BCUT2D eigenvalue weighted by atomic mass is 79.9. The first-order valence-electron chi connectivity index (χ1n) is 5.27. The summed E-state index contributed by atoms with van der Waals surface area (Å²) in [5, 5.41) is 8.08. The van der Waals surface area contributed by atoms with Crippen LogP contribution in [0.3, 0.4) is 0 Å². The molecule has 0 spiro atoms. The van der Waals surface area contributed by atoms with Gasteiger partial charge in [0, 0.05) is 17.7 Å². The molecule has 0 unspecified atom stereocenters. The molecule has 0 aliphatic carbocycles. The molecule has 3 aromatic rings. The Hall–Kier alpha value is -1.89. The molecule has 6 nitrogen and oxygen atoms in total. The molecule has 7 heteroatoms. The smallest absolute Gasteiger partial charge is 0.316 e. The summed E-state index contributed by atoms with van der Waals surface area (Å²) in [5.74, 6) is 0.706. The van der Waals surface area contributed by atoms with Gasteiger partial charge in [0.2, 0.25) is 0 Å². The molecule has 0 fully saturated rings. The van der Waals surface area contributed by atoms with Crippen molar-refractivity contribution in [2.45, 2.75) is 0 Å². The quantitative estimate of drug-likeness (QED) is 0.725. The molecule has 0 N–H and O–H groups in total. The molecule has 18 heavy (non-hydrogen) atoms. The van der Waals surface area contributed by atoms with Crippen LogP contribution in [0.1, 0.15) is 0 Å². The average molecular weight is 308 g/mol. The van der Waals surface area contributed by atoms with Gasteiger partial charge in [0.15, 0.2) is 5.82 Å². The van der Waals surface area contributed by atoms with E-state index in [2.05, 4.69) is 31.1 Å². The zero-order valence-corrected chi connectivity index (χ0v) is 11.4. The number of pyridine rings is 1. The number of rotatable bonds is 2. The van der Waals surface area contributed by atoms with E-state index in [1.165, 1.54) is 0 Å². The van der Waals surface area contributed by atoms with Crippen LogP contribution < -0.4 is 4.74 Å². The summed E-state index contributed by atoms with van der Waals surface area (Å²) in [6.07, 6.45) is 3.71. The van der Waals surface area contributed by atoms with Crippen molar-refractivity contribution >= 4 is 21.6 Å². The van der Waals surface area contributed by atoms with Gasteiger partial charge < -0.3 is 4.74 Å². The molecule has 0 aromatic carbocycles. The molecular weight excluding hydrogens is 298 g/mol. The molecular formula is C11H10BrN5O. The van der Waals surface area contributed by atoms with Gasteiger partial charge in [0.25, 0.3) is 0 Å². The predicted octanol–water partition coefficient (Wildman–Crippen LogP) is 1.90. The first-order chi connectivity index (χ1) is 8.70. The maximum absolute atomic E-state index is 5.11. The summed E-state index contributed by atoms with van der Waals surface area (Å²) >= 11 is 3.45. The summed E-state index contributed by atoms with van der Waals surface area (Å²) in [5.41, 5.74) is 1.72. The minimum Gasteiger partial charge on any atom is -0.467 e. The van der Waals surface area contributed by atoms with Crippen LogP contribution in [0.4, 0.5) is 0 Å². The first kappa shape index (κ1) is 11.2. The highest BCUT2D eigenvalue weighted by Gasteiger charge is 2.14. The molecule has 92 valence electrons. The number of imidazole rings is 1. The highest BCUT2D eigenvalue weighted by molar-refractivity contribution is 9.10. The van der Waals surface area contributed by atoms with E-state index >= 15 is 0 Å². The Morgan fingerprint density at radius 2 is 2.11 bits per heavy atom. The number of halogens is 1. The lowest BCUT2D eigenvalue weighted by molar-refractivity contribution is 0.365. The summed E-state index contributed by atoms with van der Waals surface area (Å²) in [7, 11) is 3.42. The Balaban J connectivity index is 2.25. The third-order valence-electron chi connectivity index (χ3n) is 2.72. The number of nitrogens with zero attached hydrogens (tertiary/aromatic N) is 5. The second-order valence-electron chi connectivity index (χ2n) is 3.79. The van der Waals surface area contributed by atoms with Gasteiger partial charge in [-0.05, 0) is 28.1 Å². The van der Waals surface area contributed by atoms with Crippen molar-refractivity contribution < 1.29 is 4.74 Å². The largest absolute Gasteiger partial charge is 0.467 e. The van der Waals surface area contributed by atoms with E-state index in [1.54, 1.807) is 17.9 Å². The number of fused-ring (bicyclic) bond motifs is 1. The maximum Gasteiger partial charge on any atom is 0.316 e. The molecule has 3 aromatic heterocycles. The Labute approximate surface area is 111 Å². The number of ether oxygens (including phenoxy) is 1. The van der Waals surface area contributed by atoms with Crippen molar-refractivity contribution in [1.29, 1.82) is 0 Å².